The molecule has 0 unspecified atom stereocenters. The Balaban J connectivity index is 0.000000986. The molecule has 0 atom stereocenters. The Hall–Kier alpha value is -12.6. The van der Waals surface area contributed by atoms with Gasteiger partial charge in [0.1, 0.15) is 5.75 Å². The van der Waals surface area contributed by atoms with Crippen LogP contribution in [0.2, 0.25) is 0 Å². The van der Waals surface area contributed by atoms with E-state index in [0.29, 0.717) is 59.5 Å². The Kier molecular flexibility index (Phi) is 39.8. The molecule has 634 valence electrons. The second kappa shape index (κ2) is 53.5. The van der Waals surface area contributed by atoms with Crippen LogP contribution in [0, 0.1) is 86.6 Å². The van der Waals surface area contributed by atoms with Crippen LogP contribution in [0.3, 0.4) is 0 Å². The van der Waals surface area contributed by atoms with Crippen LogP contribution in [0.5, 0.6) is 5.75 Å². The van der Waals surface area contributed by atoms with Crippen LogP contribution in [0.25, 0.3) is 108 Å². The number of rotatable bonds is 34. The number of nitrogens with zero attached hydrogens (tertiary/aromatic N) is 3. The smallest absolute Gasteiger partial charge is 0.120 e. The minimum Gasteiger partial charge on any atom is -0.494 e. The number of hydrogen-bond acceptors (Lipinski definition) is 8. The summed E-state index contributed by atoms with van der Waals surface area (Å²) in [5, 5.41) is 14.4. The summed E-state index contributed by atoms with van der Waals surface area (Å²) in [6, 6.07) is 125. The molecule has 8 nitrogen and oxygen atoms in total. The standard InChI is InChI=1S/C103H105N3O5.2C7H8/c1-6-11-16-21-53-107-75-91-62-83-33-29-79-41-47-95(48-42-79)97-70-98(72-99(71-97)111-57-25-20-15-10-5)96-49-43-80(44-50-96)30-34-84-59-88(67-92(63-84)76-108-54-22-17-12-7-2)38-40-90-61-86(65-94(69-90)78-110-56-24-19-14-9-4)36-32-82-46-52-101(105-74-82)103-28-26-27-102(106-103)100-51-45-81(73-104-100)31-35-85-60-89(39-37-87(58-83)66-91)68-93(64-85)77-109-55-23-18-13-8-3;2*1-7-5-3-2-4-6-7/h26-28,41-52,58-74H,6-25,53-57,75-78H2,1-5H3;2*2-6H,1H3. The normalized spacial score (nSPS) is 10.6. The van der Waals surface area contributed by atoms with E-state index in [0.717, 1.165) is 200 Å². The van der Waals surface area contributed by atoms with E-state index in [1.807, 2.05) is 78.9 Å². The predicted octanol–water partition coefficient (Wildman–Crippen LogP) is 30.7. The van der Waals surface area contributed by atoms with E-state index in [1.165, 1.54) is 75.3 Å². The van der Waals surface area contributed by atoms with Gasteiger partial charge in [-0.25, -0.2) is 4.98 Å². The molecule has 10 heterocycles. The van der Waals surface area contributed by atoms with Gasteiger partial charge in [-0.05, 0) is 241 Å². The Morgan fingerprint density at radius 1 is 0.224 bits per heavy atom. The molecular weight excluding hydrogens is 1530 g/mol. The number of aromatic nitrogens is 3. The molecule has 8 heteroatoms. The molecule has 19 rings (SSSR count). The summed E-state index contributed by atoms with van der Waals surface area (Å²) < 4.78 is 31.6. The summed E-state index contributed by atoms with van der Waals surface area (Å²) >= 11 is 0. The van der Waals surface area contributed by atoms with Crippen LogP contribution in [0.15, 0.2) is 255 Å². The average molecular weight is 1650 g/mol. The number of pyridine rings is 3. The van der Waals surface area contributed by atoms with Gasteiger partial charge in [-0.1, -0.05) is 306 Å². The van der Waals surface area contributed by atoms with Crippen LogP contribution in [0.1, 0.15) is 196 Å². The molecule has 9 aromatic carbocycles. The summed E-state index contributed by atoms with van der Waals surface area (Å²) in [7, 11) is 0. The highest BCUT2D eigenvalue weighted by Crippen LogP contribution is 2.27. The molecule has 0 spiro atoms. The molecule has 0 amide bonds. The van der Waals surface area contributed by atoms with Gasteiger partial charge in [0.2, 0.25) is 0 Å². The zero-order chi connectivity index (χ0) is 86.9. The topological polar surface area (TPSA) is 84.8 Å². The van der Waals surface area contributed by atoms with Crippen molar-refractivity contribution in [3.05, 3.63) is 361 Å². The zero-order valence-corrected chi connectivity index (χ0v) is 74.6. The van der Waals surface area contributed by atoms with E-state index in [4.69, 9.17) is 38.6 Å². The highest BCUT2D eigenvalue weighted by molar-refractivity contribution is 5.94. The lowest BCUT2D eigenvalue weighted by molar-refractivity contribution is 0.117. The van der Waals surface area contributed by atoms with Crippen molar-refractivity contribution < 1.29 is 23.7 Å². The van der Waals surface area contributed by atoms with E-state index in [1.54, 1.807) is 12.4 Å². The number of hydrogen-bond donors (Lipinski definition) is 0. The first-order valence-corrected chi connectivity index (χ1v) is 45.4. The fourth-order valence-corrected chi connectivity index (χ4v) is 14.1. The highest BCUT2D eigenvalue weighted by Gasteiger charge is 2.06. The molecule has 20 bridgehead atoms. The van der Waals surface area contributed by atoms with Crippen molar-refractivity contribution >= 4 is 108 Å². The molecule has 0 N–H and O–H groups in total. The molecule has 0 saturated carbocycles. The van der Waals surface area contributed by atoms with Crippen molar-refractivity contribution in [2.75, 3.05) is 33.0 Å². The Morgan fingerprint density at radius 2 is 0.504 bits per heavy atom. The molecule has 0 radical (unpaired) electrons. The third kappa shape index (κ3) is 33.9. The number of ether oxygens (including phenoxy) is 5. The lowest BCUT2D eigenvalue weighted by Crippen LogP contribution is -1.97. The number of aryl methyl sites for hydroxylation is 2. The summed E-state index contributed by atoms with van der Waals surface area (Å²) in [5.74, 6) is 0.839. The summed E-state index contributed by atoms with van der Waals surface area (Å²) in [4.78, 5) is 14.8. The van der Waals surface area contributed by atoms with Crippen molar-refractivity contribution in [2.45, 2.75) is 203 Å². The Morgan fingerprint density at radius 3 is 0.776 bits per heavy atom. The van der Waals surface area contributed by atoms with Gasteiger partial charge in [-0.3, -0.25) is 9.97 Å². The molecule has 0 aliphatic rings. The molecule has 0 fully saturated rings. The predicted molar refractivity (Wildman–Crippen MR) is 523 cm³/mol. The minimum absolute atomic E-state index is 0.458. The molecule has 0 aliphatic carbocycles. The molecule has 0 saturated heterocycles. The van der Waals surface area contributed by atoms with Gasteiger partial charge in [0.15, 0.2) is 0 Å². The Labute approximate surface area is 745 Å². The first-order chi connectivity index (χ1) is 61.5. The second-order valence-corrected chi connectivity index (χ2v) is 32.0. The van der Waals surface area contributed by atoms with Crippen LogP contribution in [0.4, 0.5) is 0 Å². The van der Waals surface area contributed by atoms with Crippen molar-refractivity contribution in [1.82, 2.24) is 15.0 Å². The first kappa shape index (κ1) is 93.1. The minimum atomic E-state index is 0.458. The van der Waals surface area contributed by atoms with Crippen LogP contribution >= 0.6 is 0 Å². The van der Waals surface area contributed by atoms with Gasteiger partial charge < -0.3 is 23.7 Å². The third-order valence-electron chi connectivity index (χ3n) is 21.0. The Bertz CT molecular complexity index is 5600. The van der Waals surface area contributed by atoms with E-state index in [-0.39, 0.29) is 0 Å². The van der Waals surface area contributed by atoms with E-state index in [9.17, 15) is 0 Å². The largest absolute Gasteiger partial charge is 0.494 e. The van der Waals surface area contributed by atoms with Gasteiger partial charge >= 0.3 is 0 Å². The first-order valence-electron chi connectivity index (χ1n) is 45.4. The maximum absolute atomic E-state index is 6.55. The monoisotopic (exact) mass is 1650 g/mol. The van der Waals surface area contributed by atoms with Gasteiger partial charge in [-0.2, -0.15) is 0 Å². The SMILES string of the molecule is CCCCCCOCc1cc2c#cc3ccc(cc3)c3cc(OCCCCCC)cc(c3)c3ccc(c#cc4cc(COCCCCCC)cc(c#cc5cc(COCCCCCC)cc(c#cc6ccc(nc6)c6cccc(n6)c6ccc(c#cc7cc(COCCCCCC)cc(c#cc(c1)c2)c7)cn6)c5)c4)cc3.Cc1ccccc1.Cc1ccccc1. The quantitative estimate of drug-likeness (QED) is 0.0369. The lowest BCUT2D eigenvalue weighted by atomic mass is 10.1. The summed E-state index contributed by atoms with van der Waals surface area (Å²) in [5.41, 5.74) is 9.61. The molecular formula is C117H121N3O5. The molecule has 0 aliphatic heterocycles. The molecule has 10 aromatic heterocycles. The summed E-state index contributed by atoms with van der Waals surface area (Å²) in [6.45, 7) is 20.6. The van der Waals surface area contributed by atoms with E-state index in [2.05, 4.69) is 285 Å². The number of benzene rings is 9. The maximum atomic E-state index is 6.55. The zero-order valence-electron chi connectivity index (χ0n) is 74.6. The van der Waals surface area contributed by atoms with Crippen LogP contribution in [-0.4, -0.2) is 48.0 Å². The maximum Gasteiger partial charge on any atom is 0.120 e. The van der Waals surface area contributed by atoms with Gasteiger partial charge in [0.05, 0.1) is 55.1 Å². The molecule has 125 heavy (non-hydrogen) atoms. The summed E-state index contributed by atoms with van der Waals surface area (Å²) in [6.07, 6.45) is 26.3. The highest BCUT2D eigenvalue weighted by atomic mass is 16.5. The van der Waals surface area contributed by atoms with Crippen molar-refractivity contribution in [2.24, 2.45) is 0 Å². The van der Waals surface area contributed by atoms with E-state index >= 15 is 0 Å². The van der Waals surface area contributed by atoms with Crippen molar-refractivity contribution in [3.63, 3.8) is 0 Å². The third-order valence-corrected chi connectivity index (χ3v) is 21.0. The fourth-order valence-electron chi connectivity index (χ4n) is 14.1. The van der Waals surface area contributed by atoms with Gasteiger partial charge in [-0.15, -0.1) is 0 Å². The lowest BCUT2D eigenvalue weighted by Gasteiger charge is -2.08. The van der Waals surface area contributed by atoms with E-state index < -0.39 is 0 Å². The second-order valence-electron chi connectivity index (χ2n) is 32.0. The van der Waals surface area contributed by atoms with Crippen LogP contribution < -0.4 is 4.74 Å². The molecule has 19 aromatic rings. The van der Waals surface area contributed by atoms with Crippen LogP contribution in [-0.2, 0) is 45.4 Å². The van der Waals surface area contributed by atoms with Gasteiger partial charge in [0, 0.05) is 103 Å². The number of unbranched alkanes of at least 4 members (excludes halogenated alkanes) is 15. The van der Waals surface area contributed by atoms with Gasteiger partial charge in [0.25, 0.3) is 0 Å². The van der Waals surface area contributed by atoms with Crippen molar-refractivity contribution in [3.8, 4) is 5.75 Å². The fraction of sp³-hybridized carbons (Fsp3) is 0.308. The average Bonchev–Trinajstić information content (AvgIpc) is 0.807. The van der Waals surface area contributed by atoms with Crippen molar-refractivity contribution in [1.29, 1.82) is 0 Å².